The van der Waals surface area contributed by atoms with Gasteiger partial charge in [-0.05, 0) is 26.0 Å². The maximum atomic E-state index is 12.2. The lowest BCUT2D eigenvalue weighted by Crippen LogP contribution is -2.22. The van der Waals surface area contributed by atoms with Crippen LogP contribution < -0.4 is 5.32 Å². The molecule has 21 heavy (non-hydrogen) atoms. The number of amides is 1. The summed E-state index contributed by atoms with van der Waals surface area (Å²) >= 11 is 20.8. The predicted molar refractivity (Wildman–Crippen MR) is 92.3 cm³/mol. The molecule has 0 saturated heterocycles. The highest BCUT2D eigenvalue weighted by atomic mass is 35.5. The minimum Gasteiger partial charge on any atom is -0.323 e. The summed E-state index contributed by atoms with van der Waals surface area (Å²) in [6.45, 7) is 3.72. The summed E-state index contributed by atoms with van der Waals surface area (Å²) in [5.74, 6) is -0.195. The molecule has 0 radical (unpaired) electrons. The summed E-state index contributed by atoms with van der Waals surface area (Å²) in [6.07, 6.45) is 0. The summed E-state index contributed by atoms with van der Waals surface area (Å²) in [5.41, 5.74) is 1.31. The first-order chi connectivity index (χ1) is 9.86. The minimum absolute atomic E-state index is 0.195. The molecular formula is C13H11Cl3N2OS2. The van der Waals surface area contributed by atoms with Gasteiger partial charge in [-0.25, -0.2) is 4.98 Å². The van der Waals surface area contributed by atoms with Crippen LogP contribution in [0.5, 0.6) is 0 Å². The molecule has 1 aromatic carbocycles. The molecule has 2 rings (SSSR count). The van der Waals surface area contributed by atoms with E-state index in [1.54, 1.807) is 6.92 Å². The first-order valence-electron chi connectivity index (χ1n) is 5.91. The highest BCUT2D eigenvalue weighted by molar-refractivity contribution is 8.02. The van der Waals surface area contributed by atoms with E-state index < -0.39 is 0 Å². The van der Waals surface area contributed by atoms with Crippen molar-refractivity contribution in [3.63, 3.8) is 0 Å². The Kier molecular flexibility index (Phi) is 5.80. The van der Waals surface area contributed by atoms with Crippen molar-refractivity contribution in [2.75, 3.05) is 5.32 Å². The van der Waals surface area contributed by atoms with Gasteiger partial charge < -0.3 is 5.32 Å². The molecule has 1 heterocycles. The van der Waals surface area contributed by atoms with E-state index in [-0.39, 0.29) is 11.2 Å². The van der Waals surface area contributed by atoms with Crippen LogP contribution in [0.4, 0.5) is 5.69 Å². The molecule has 0 aliphatic heterocycles. The zero-order valence-electron chi connectivity index (χ0n) is 11.1. The van der Waals surface area contributed by atoms with Crippen molar-refractivity contribution in [2.45, 2.75) is 23.4 Å². The van der Waals surface area contributed by atoms with E-state index in [4.69, 9.17) is 34.8 Å². The zero-order valence-corrected chi connectivity index (χ0v) is 15.0. The van der Waals surface area contributed by atoms with E-state index >= 15 is 0 Å². The Morgan fingerprint density at radius 1 is 1.33 bits per heavy atom. The third-order valence-corrected chi connectivity index (χ3v) is 5.50. The van der Waals surface area contributed by atoms with Crippen LogP contribution in [0.25, 0.3) is 0 Å². The number of thioether (sulfide) groups is 1. The van der Waals surface area contributed by atoms with Crippen LogP contribution in [-0.2, 0) is 4.79 Å². The van der Waals surface area contributed by atoms with E-state index in [9.17, 15) is 4.79 Å². The number of benzene rings is 1. The van der Waals surface area contributed by atoms with E-state index in [0.717, 1.165) is 10.0 Å². The molecule has 1 atom stereocenters. The highest BCUT2D eigenvalue weighted by Gasteiger charge is 2.19. The first-order valence-corrected chi connectivity index (χ1v) is 8.80. The molecular weight excluding hydrogens is 371 g/mol. The molecule has 0 aliphatic rings. The maximum Gasteiger partial charge on any atom is 0.237 e. The van der Waals surface area contributed by atoms with Crippen LogP contribution in [0.15, 0.2) is 21.9 Å². The van der Waals surface area contributed by atoms with Crippen molar-refractivity contribution in [1.29, 1.82) is 0 Å². The number of hydrogen-bond donors (Lipinski definition) is 1. The van der Waals surface area contributed by atoms with Crippen LogP contribution >= 0.6 is 57.9 Å². The quantitative estimate of drug-likeness (QED) is 0.708. The van der Waals surface area contributed by atoms with Gasteiger partial charge in [-0.15, -0.1) is 11.3 Å². The lowest BCUT2D eigenvalue weighted by Gasteiger charge is -2.13. The standard InChI is InChI=1S/C13H11Cl3N2OS2/c1-6-5-20-13(17-6)21-7(2)12(19)18-11-9(15)3-8(14)4-10(11)16/h3-5,7H,1-2H3,(H,18,19). The van der Waals surface area contributed by atoms with Gasteiger partial charge in [0, 0.05) is 16.1 Å². The minimum atomic E-state index is -0.321. The fourth-order valence-corrected chi connectivity index (χ4v) is 4.37. The smallest absolute Gasteiger partial charge is 0.237 e. The number of aryl methyl sites for hydroxylation is 1. The van der Waals surface area contributed by atoms with Crippen LogP contribution in [0, 0.1) is 6.92 Å². The lowest BCUT2D eigenvalue weighted by molar-refractivity contribution is -0.115. The summed E-state index contributed by atoms with van der Waals surface area (Å²) in [5, 5.41) is 5.39. The van der Waals surface area contributed by atoms with Crippen molar-refractivity contribution < 1.29 is 4.79 Å². The van der Waals surface area contributed by atoms with Crippen molar-refractivity contribution in [3.8, 4) is 0 Å². The van der Waals surface area contributed by atoms with E-state index in [1.807, 2.05) is 12.3 Å². The highest BCUT2D eigenvalue weighted by Crippen LogP contribution is 2.34. The monoisotopic (exact) mass is 380 g/mol. The second kappa shape index (κ2) is 7.20. The second-order valence-electron chi connectivity index (χ2n) is 4.25. The molecule has 1 unspecified atom stereocenters. The number of nitrogens with zero attached hydrogens (tertiary/aromatic N) is 1. The molecule has 1 N–H and O–H groups in total. The summed E-state index contributed by atoms with van der Waals surface area (Å²) in [7, 11) is 0. The number of nitrogens with one attached hydrogen (secondary N) is 1. The molecule has 2 aromatic rings. The summed E-state index contributed by atoms with van der Waals surface area (Å²) in [4.78, 5) is 16.5. The second-order valence-corrected chi connectivity index (χ2v) is 7.95. The van der Waals surface area contributed by atoms with Crippen LogP contribution in [0.3, 0.4) is 0 Å². The number of carbonyl (C=O) groups excluding carboxylic acids is 1. The molecule has 0 fully saturated rings. The Labute approximate surface area is 146 Å². The lowest BCUT2D eigenvalue weighted by atomic mass is 10.3. The van der Waals surface area contributed by atoms with E-state index in [1.165, 1.54) is 35.2 Å². The van der Waals surface area contributed by atoms with Crippen molar-refractivity contribution in [1.82, 2.24) is 4.98 Å². The number of rotatable bonds is 4. The van der Waals surface area contributed by atoms with Crippen molar-refractivity contribution >= 4 is 69.5 Å². The van der Waals surface area contributed by atoms with Gasteiger partial charge in [-0.2, -0.15) is 0 Å². The Morgan fingerprint density at radius 3 is 2.48 bits per heavy atom. The van der Waals surface area contributed by atoms with E-state index in [0.29, 0.717) is 20.8 Å². The topological polar surface area (TPSA) is 42.0 Å². The van der Waals surface area contributed by atoms with Gasteiger partial charge in [0.05, 0.1) is 21.0 Å². The number of carbonyl (C=O) groups is 1. The maximum absolute atomic E-state index is 12.2. The Bertz CT molecular complexity index is 652. The van der Waals surface area contributed by atoms with Gasteiger partial charge in [0.2, 0.25) is 5.91 Å². The van der Waals surface area contributed by atoms with Crippen LogP contribution in [-0.4, -0.2) is 16.1 Å². The third-order valence-electron chi connectivity index (χ3n) is 2.50. The van der Waals surface area contributed by atoms with E-state index in [2.05, 4.69) is 10.3 Å². The number of thiazole rings is 1. The summed E-state index contributed by atoms with van der Waals surface area (Å²) < 4.78 is 0.850. The molecule has 112 valence electrons. The SMILES string of the molecule is Cc1csc(SC(C)C(=O)Nc2c(Cl)cc(Cl)cc2Cl)n1. The normalized spacial score (nSPS) is 12.2. The molecule has 3 nitrogen and oxygen atoms in total. The molecule has 0 bridgehead atoms. The molecule has 0 aliphatic carbocycles. The van der Waals surface area contributed by atoms with Crippen molar-refractivity contribution in [3.05, 3.63) is 38.3 Å². The average molecular weight is 382 g/mol. The number of aromatic nitrogens is 1. The van der Waals surface area contributed by atoms with Gasteiger partial charge in [0.15, 0.2) is 4.34 Å². The van der Waals surface area contributed by atoms with Gasteiger partial charge in [0.25, 0.3) is 0 Å². The fourth-order valence-electron chi connectivity index (χ4n) is 1.48. The van der Waals surface area contributed by atoms with Gasteiger partial charge in [-0.3, -0.25) is 4.79 Å². The number of hydrogen-bond acceptors (Lipinski definition) is 4. The number of halogens is 3. The van der Waals surface area contributed by atoms with Gasteiger partial charge in [0.1, 0.15) is 0 Å². The molecule has 1 aromatic heterocycles. The number of anilines is 1. The zero-order chi connectivity index (χ0) is 15.6. The predicted octanol–water partition coefficient (Wildman–Crippen LogP) is 5.53. The molecule has 1 amide bonds. The fraction of sp³-hybridized carbons (Fsp3) is 0.231. The Hall–Kier alpha value is -0.460. The molecule has 0 saturated carbocycles. The first kappa shape index (κ1) is 16.9. The molecule has 0 spiro atoms. The van der Waals surface area contributed by atoms with Crippen LogP contribution in [0.1, 0.15) is 12.6 Å². The van der Waals surface area contributed by atoms with Gasteiger partial charge in [-0.1, -0.05) is 46.6 Å². The Balaban J connectivity index is 2.07. The largest absolute Gasteiger partial charge is 0.323 e. The third kappa shape index (κ3) is 4.50. The molecule has 8 heteroatoms. The average Bonchev–Trinajstić information content (AvgIpc) is 2.78. The Morgan fingerprint density at radius 2 is 1.95 bits per heavy atom. The van der Waals surface area contributed by atoms with Crippen molar-refractivity contribution in [2.24, 2.45) is 0 Å². The summed E-state index contributed by atoms with van der Waals surface area (Å²) in [6, 6.07) is 3.07. The van der Waals surface area contributed by atoms with Crippen LogP contribution in [0.2, 0.25) is 15.1 Å². The van der Waals surface area contributed by atoms with Gasteiger partial charge >= 0.3 is 0 Å².